The third kappa shape index (κ3) is 2.47. The molecule has 0 spiro atoms. The monoisotopic (exact) mass is 286 g/mol. The number of thiophene rings is 1. The van der Waals surface area contributed by atoms with E-state index in [2.05, 4.69) is 47.3 Å². The molecule has 1 heterocycles. The van der Waals surface area contributed by atoms with Crippen molar-refractivity contribution in [2.45, 2.75) is 44.4 Å². The normalized spacial score (nSPS) is 27.5. The summed E-state index contributed by atoms with van der Waals surface area (Å²) in [6.45, 7) is 4.86. The van der Waals surface area contributed by atoms with Gasteiger partial charge < -0.3 is 0 Å². The Morgan fingerprint density at radius 1 is 1.47 bits per heavy atom. The summed E-state index contributed by atoms with van der Waals surface area (Å²) in [6.07, 6.45) is 5.57. The standard InChI is InChI=1S/C13H19BrS/c1-13(2)8-4-3-6-10(13)12(14)11-7-5-9-15-11/h5,7,9-10,12H,3-4,6,8H2,1-2H3. The number of alkyl halides is 1. The average molecular weight is 287 g/mol. The van der Waals surface area contributed by atoms with Gasteiger partial charge in [-0.05, 0) is 35.6 Å². The van der Waals surface area contributed by atoms with Gasteiger partial charge >= 0.3 is 0 Å². The van der Waals surface area contributed by atoms with Gasteiger partial charge in [-0.25, -0.2) is 0 Å². The van der Waals surface area contributed by atoms with Gasteiger partial charge in [-0.2, -0.15) is 0 Å². The summed E-state index contributed by atoms with van der Waals surface area (Å²) in [5, 5.41) is 2.18. The quantitative estimate of drug-likeness (QED) is 0.639. The average Bonchev–Trinajstić information content (AvgIpc) is 2.69. The lowest BCUT2D eigenvalue weighted by Crippen LogP contribution is -2.30. The Hall–Kier alpha value is 0.180. The van der Waals surface area contributed by atoms with Gasteiger partial charge in [-0.3, -0.25) is 0 Å². The van der Waals surface area contributed by atoms with Crippen LogP contribution in [-0.2, 0) is 0 Å². The van der Waals surface area contributed by atoms with Gasteiger partial charge in [0.1, 0.15) is 0 Å². The molecular weight excluding hydrogens is 268 g/mol. The lowest BCUT2D eigenvalue weighted by molar-refractivity contribution is 0.137. The molecule has 1 aromatic rings. The van der Waals surface area contributed by atoms with Crippen molar-refractivity contribution in [1.29, 1.82) is 0 Å². The Morgan fingerprint density at radius 2 is 2.27 bits per heavy atom. The fraction of sp³-hybridized carbons (Fsp3) is 0.692. The highest BCUT2D eigenvalue weighted by atomic mass is 79.9. The van der Waals surface area contributed by atoms with Gasteiger partial charge in [0.15, 0.2) is 0 Å². The Labute approximate surface area is 105 Å². The minimum atomic E-state index is 0.496. The fourth-order valence-corrected chi connectivity index (χ4v) is 4.93. The molecule has 2 rings (SSSR count). The molecule has 1 aliphatic rings. The highest BCUT2D eigenvalue weighted by Gasteiger charge is 2.37. The van der Waals surface area contributed by atoms with Crippen LogP contribution < -0.4 is 0 Å². The summed E-state index contributed by atoms with van der Waals surface area (Å²) in [5.74, 6) is 0.796. The molecule has 2 unspecified atom stereocenters. The van der Waals surface area contributed by atoms with Crippen LogP contribution in [0.4, 0.5) is 0 Å². The number of hydrogen-bond acceptors (Lipinski definition) is 1. The van der Waals surface area contributed by atoms with Crippen LogP contribution in [0.1, 0.15) is 49.2 Å². The van der Waals surface area contributed by atoms with Crippen molar-refractivity contribution < 1.29 is 0 Å². The molecule has 84 valence electrons. The second-order valence-corrected chi connectivity index (χ2v) is 7.22. The lowest BCUT2D eigenvalue weighted by atomic mass is 9.67. The van der Waals surface area contributed by atoms with E-state index in [4.69, 9.17) is 0 Å². The van der Waals surface area contributed by atoms with E-state index in [0.29, 0.717) is 10.2 Å². The first-order chi connectivity index (χ1) is 7.11. The van der Waals surface area contributed by atoms with Crippen molar-refractivity contribution in [2.24, 2.45) is 11.3 Å². The highest BCUT2D eigenvalue weighted by molar-refractivity contribution is 9.09. The summed E-state index contributed by atoms with van der Waals surface area (Å²) < 4.78 is 0. The van der Waals surface area contributed by atoms with Crippen LogP contribution in [0.5, 0.6) is 0 Å². The van der Waals surface area contributed by atoms with Crippen molar-refractivity contribution in [3.63, 3.8) is 0 Å². The van der Waals surface area contributed by atoms with Gasteiger partial charge in [0, 0.05) is 4.88 Å². The molecule has 0 aliphatic heterocycles. The molecule has 2 atom stereocenters. The van der Waals surface area contributed by atoms with E-state index in [1.165, 1.54) is 30.6 Å². The summed E-state index contributed by atoms with van der Waals surface area (Å²) in [5.41, 5.74) is 0.496. The topological polar surface area (TPSA) is 0 Å². The SMILES string of the molecule is CC1(C)CCCCC1C(Br)c1cccs1. The molecule has 0 saturated heterocycles. The molecular formula is C13H19BrS. The van der Waals surface area contributed by atoms with Crippen LogP contribution in [0.15, 0.2) is 17.5 Å². The second kappa shape index (κ2) is 4.58. The van der Waals surface area contributed by atoms with Crippen molar-refractivity contribution in [3.8, 4) is 0 Å². The molecule has 0 bridgehead atoms. The molecule has 1 saturated carbocycles. The third-order valence-corrected chi connectivity index (χ3v) is 6.15. The molecule has 0 N–H and O–H groups in total. The first-order valence-electron chi connectivity index (χ1n) is 5.79. The van der Waals surface area contributed by atoms with E-state index in [9.17, 15) is 0 Å². The summed E-state index contributed by atoms with van der Waals surface area (Å²) in [7, 11) is 0. The first-order valence-corrected chi connectivity index (χ1v) is 7.58. The van der Waals surface area contributed by atoms with E-state index in [0.717, 1.165) is 5.92 Å². The lowest BCUT2D eigenvalue weighted by Gasteiger charge is -2.41. The predicted octanol–water partition coefficient (Wildman–Crippen LogP) is 5.40. The smallest absolute Gasteiger partial charge is 0.0522 e. The van der Waals surface area contributed by atoms with Crippen molar-refractivity contribution in [1.82, 2.24) is 0 Å². The van der Waals surface area contributed by atoms with E-state index in [-0.39, 0.29) is 0 Å². The van der Waals surface area contributed by atoms with Gasteiger partial charge in [-0.15, -0.1) is 11.3 Å². The van der Waals surface area contributed by atoms with E-state index in [1.54, 1.807) is 0 Å². The summed E-state index contributed by atoms with van der Waals surface area (Å²) in [6, 6.07) is 4.42. The van der Waals surface area contributed by atoms with E-state index >= 15 is 0 Å². The molecule has 0 aromatic carbocycles. The zero-order valence-electron chi connectivity index (χ0n) is 9.50. The van der Waals surface area contributed by atoms with Crippen LogP contribution in [0.3, 0.4) is 0 Å². The van der Waals surface area contributed by atoms with Crippen LogP contribution >= 0.6 is 27.3 Å². The maximum atomic E-state index is 3.91. The summed E-state index contributed by atoms with van der Waals surface area (Å²) >= 11 is 5.79. The Kier molecular flexibility index (Phi) is 3.56. The van der Waals surface area contributed by atoms with E-state index < -0.39 is 0 Å². The predicted molar refractivity (Wildman–Crippen MR) is 71.7 cm³/mol. The molecule has 1 aromatic heterocycles. The van der Waals surface area contributed by atoms with Crippen molar-refractivity contribution in [3.05, 3.63) is 22.4 Å². The summed E-state index contributed by atoms with van der Waals surface area (Å²) in [4.78, 5) is 2.06. The maximum Gasteiger partial charge on any atom is 0.0522 e. The first kappa shape index (κ1) is 11.7. The van der Waals surface area contributed by atoms with Crippen LogP contribution in [-0.4, -0.2) is 0 Å². The molecule has 0 nitrogen and oxygen atoms in total. The van der Waals surface area contributed by atoms with Crippen LogP contribution in [0, 0.1) is 11.3 Å². The van der Waals surface area contributed by atoms with Crippen molar-refractivity contribution in [2.75, 3.05) is 0 Å². The fourth-order valence-electron chi connectivity index (χ4n) is 2.71. The molecule has 1 fully saturated rings. The van der Waals surface area contributed by atoms with Gasteiger partial charge in [-0.1, -0.05) is 48.7 Å². The van der Waals surface area contributed by atoms with Crippen LogP contribution in [0.2, 0.25) is 0 Å². The van der Waals surface area contributed by atoms with Gasteiger partial charge in [0.2, 0.25) is 0 Å². The number of rotatable bonds is 2. The zero-order chi connectivity index (χ0) is 10.9. The minimum Gasteiger partial charge on any atom is -0.148 e. The molecule has 1 aliphatic carbocycles. The molecule has 0 radical (unpaired) electrons. The maximum absolute atomic E-state index is 3.91. The van der Waals surface area contributed by atoms with Gasteiger partial charge in [0.05, 0.1) is 4.83 Å². The molecule has 0 amide bonds. The Morgan fingerprint density at radius 3 is 2.87 bits per heavy atom. The van der Waals surface area contributed by atoms with Crippen molar-refractivity contribution >= 4 is 27.3 Å². The van der Waals surface area contributed by atoms with Crippen LogP contribution in [0.25, 0.3) is 0 Å². The Balaban J connectivity index is 2.15. The molecule has 15 heavy (non-hydrogen) atoms. The Bertz CT molecular complexity index is 302. The minimum absolute atomic E-state index is 0.496. The molecule has 2 heteroatoms. The van der Waals surface area contributed by atoms with E-state index in [1.807, 2.05) is 11.3 Å². The highest BCUT2D eigenvalue weighted by Crippen LogP contribution is 2.50. The second-order valence-electron chi connectivity index (χ2n) is 5.26. The largest absolute Gasteiger partial charge is 0.148 e. The number of halogens is 1. The zero-order valence-corrected chi connectivity index (χ0v) is 11.9. The third-order valence-electron chi connectivity index (χ3n) is 3.76. The number of hydrogen-bond donors (Lipinski definition) is 0. The van der Waals surface area contributed by atoms with Gasteiger partial charge in [0.25, 0.3) is 0 Å².